The van der Waals surface area contributed by atoms with E-state index in [-0.39, 0.29) is 0 Å². The first kappa shape index (κ1) is 9.10. The van der Waals surface area contributed by atoms with Crippen molar-refractivity contribution >= 4 is 22.5 Å². The van der Waals surface area contributed by atoms with Crippen LogP contribution in [0.15, 0.2) is 42.5 Å². The molecule has 0 saturated carbocycles. The van der Waals surface area contributed by atoms with Gasteiger partial charge in [-0.1, -0.05) is 30.3 Å². The van der Waals surface area contributed by atoms with Crippen molar-refractivity contribution in [3.8, 4) is 5.75 Å². The van der Waals surface area contributed by atoms with Crippen LogP contribution >= 0.6 is 11.8 Å². The molecule has 0 aromatic heterocycles. The van der Waals surface area contributed by atoms with Crippen molar-refractivity contribution < 1.29 is 4.74 Å². The van der Waals surface area contributed by atoms with Gasteiger partial charge in [0.1, 0.15) is 12.4 Å². The van der Waals surface area contributed by atoms with Crippen molar-refractivity contribution in [1.82, 2.24) is 0 Å². The van der Waals surface area contributed by atoms with E-state index in [1.54, 1.807) is 0 Å². The lowest BCUT2D eigenvalue weighted by Crippen LogP contribution is -2.02. The van der Waals surface area contributed by atoms with Crippen molar-refractivity contribution in [3.05, 3.63) is 42.5 Å². The molecule has 2 aromatic carbocycles. The maximum atomic E-state index is 5.72. The average molecular weight is 216 g/mol. The van der Waals surface area contributed by atoms with Gasteiger partial charge in [-0.05, 0) is 22.9 Å². The Hall–Kier alpha value is -1.15. The van der Waals surface area contributed by atoms with E-state index in [0.717, 1.165) is 17.6 Å². The highest BCUT2D eigenvalue weighted by Gasteiger charge is 2.22. The van der Waals surface area contributed by atoms with Crippen LogP contribution in [0.5, 0.6) is 5.75 Å². The van der Waals surface area contributed by atoms with Gasteiger partial charge in [0, 0.05) is 11.0 Å². The first-order valence-corrected chi connectivity index (χ1v) is 6.20. The first-order chi connectivity index (χ1) is 7.42. The number of hydrogen-bond acceptors (Lipinski definition) is 2. The maximum absolute atomic E-state index is 5.72. The molecular weight excluding hydrogens is 204 g/mol. The molecule has 1 unspecified atom stereocenters. The average Bonchev–Trinajstić information content (AvgIpc) is 3.10. The molecule has 3 rings (SSSR count). The molecule has 1 aliphatic heterocycles. The van der Waals surface area contributed by atoms with Crippen LogP contribution in [0.1, 0.15) is 0 Å². The summed E-state index contributed by atoms with van der Waals surface area (Å²) in [5, 5.41) is 3.25. The smallest absolute Gasteiger partial charge is 0.119 e. The molecular formula is C13H12OS. The normalized spacial score (nSPS) is 19.1. The Bertz CT molecular complexity index is 477. The number of fused-ring (bicyclic) bond motifs is 1. The van der Waals surface area contributed by atoms with E-state index in [4.69, 9.17) is 4.74 Å². The topological polar surface area (TPSA) is 9.23 Å². The molecule has 0 spiro atoms. The molecule has 0 amide bonds. The second-order valence-electron chi connectivity index (χ2n) is 3.78. The number of ether oxygens (including phenoxy) is 1. The van der Waals surface area contributed by atoms with Crippen molar-refractivity contribution in [2.24, 2.45) is 0 Å². The highest BCUT2D eigenvalue weighted by molar-refractivity contribution is 8.06. The summed E-state index contributed by atoms with van der Waals surface area (Å²) < 4.78 is 5.72. The first-order valence-electron chi connectivity index (χ1n) is 5.15. The molecule has 76 valence electrons. The molecule has 1 aliphatic rings. The van der Waals surface area contributed by atoms with Gasteiger partial charge < -0.3 is 4.74 Å². The van der Waals surface area contributed by atoms with E-state index in [9.17, 15) is 0 Å². The van der Waals surface area contributed by atoms with Crippen molar-refractivity contribution in [2.75, 3.05) is 12.4 Å². The Kier molecular flexibility index (Phi) is 2.29. The van der Waals surface area contributed by atoms with Gasteiger partial charge in [0.2, 0.25) is 0 Å². The number of rotatable bonds is 3. The van der Waals surface area contributed by atoms with Gasteiger partial charge in [0.25, 0.3) is 0 Å². The second kappa shape index (κ2) is 3.78. The van der Waals surface area contributed by atoms with Crippen LogP contribution < -0.4 is 4.74 Å². The van der Waals surface area contributed by atoms with E-state index in [0.29, 0.717) is 0 Å². The van der Waals surface area contributed by atoms with E-state index in [2.05, 4.69) is 42.5 Å². The van der Waals surface area contributed by atoms with Gasteiger partial charge in [0.05, 0.1) is 0 Å². The summed E-state index contributed by atoms with van der Waals surface area (Å²) >= 11 is 1.97. The molecule has 1 atom stereocenters. The second-order valence-corrected chi connectivity index (χ2v) is 5.11. The largest absolute Gasteiger partial charge is 0.492 e. The van der Waals surface area contributed by atoms with Crippen molar-refractivity contribution in [2.45, 2.75) is 5.25 Å². The van der Waals surface area contributed by atoms with Crippen LogP contribution in [0.4, 0.5) is 0 Å². The van der Waals surface area contributed by atoms with Gasteiger partial charge in [-0.3, -0.25) is 0 Å². The summed E-state index contributed by atoms with van der Waals surface area (Å²) in [5.41, 5.74) is 0. The van der Waals surface area contributed by atoms with Gasteiger partial charge >= 0.3 is 0 Å². The molecule has 1 saturated heterocycles. The summed E-state index contributed by atoms with van der Waals surface area (Å²) in [5.74, 6) is 2.24. The fraction of sp³-hybridized carbons (Fsp3) is 0.231. The van der Waals surface area contributed by atoms with Crippen LogP contribution in [0.3, 0.4) is 0 Å². The third-order valence-corrected chi connectivity index (χ3v) is 3.50. The molecule has 0 bridgehead atoms. The minimum atomic E-state index is 0.733. The van der Waals surface area contributed by atoms with Crippen LogP contribution in [-0.2, 0) is 0 Å². The molecule has 15 heavy (non-hydrogen) atoms. The zero-order valence-electron chi connectivity index (χ0n) is 8.35. The highest BCUT2D eigenvalue weighted by Crippen LogP contribution is 2.30. The number of thioether (sulfide) groups is 1. The predicted molar refractivity (Wildman–Crippen MR) is 65.7 cm³/mol. The summed E-state index contributed by atoms with van der Waals surface area (Å²) in [7, 11) is 0. The Labute approximate surface area is 93.4 Å². The lowest BCUT2D eigenvalue weighted by molar-refractivity contribution is 0.330. The molecule has 2 aromatic rings. The Morgan fingerprint density at radius 1 is 1.13 bits per heavy atom. The summed E-state index contributed by atoms with van der Waals surface area (Å²) in [6.07, 6.45) is 0. The molecule has 2 heteroatoms. The molecule has 0 radical (unpaired) electrons. The van der Waals surface area contributed by atoms with Crippen LogP contribution in [0, 0.1) is 0 Å². The SMILES string of the molecule is c1ccc2cc(OCC3CS3)ccc2c1. The quantitative estimate of drug-likeness (QED) is 0.728. The van der Waals surface area contributed by atoms with Crippen molar-refractivity contribution in [1.29, 1.82) is 0 Å². The summed E-state index contributed by atoms with van der Waals surface area (Å²) in [4.78, 5) is 0. The predicted octanol–water partition coefficient (Wildman–Crippen LogP) is 3.33. The van der Waals surface area contributed by atoms with E-state index >= 15 is 0 Å². The zero-order valence-corrected chi connectivity index (χ0v) is 9.17. The minimum Gasteiger partial charge on any atom is -0.492 e. The van der Waals surface area contributed by atoms with E-state index in [1.165, 1.54) is 16.5 Å². The number of hydrogen-bond donors (Lipinski definition) is 0. The van der Waals surface area contributed by atoms with Crippen LogP contribution in [0.25, 0.3) is 10.8 Å². The van der Waals surface area contributed by atoms with Gasteiger partial charge in [-0.15, -0.1) is 0 Å². The lowest BCUT2D eigenvalue weighted by Gasteiger charge is -2.05. The summed E-state index contributed by atoms with van der Waals surface area (Å²) in [6.45, 7) is 0.850. The fourth-order valence-corrected chi connectivity index (χ4v) is 2.01. The maximum Gasteiger partial charge on any atom is 0.119 e. The van der Waals surface area contributed by atoms with E-state index < -0.39 is 0 Å². The standard InChI is InChI=1S/C13H12OS/c1-2-4-11-7-12(6-5-10(11)3-1)14-8-13-9-15-13/h1-7,13H,8-9H2. The Morgan fingerprint density at radius 2 is 1.93 bits per heavy atom. The fourth-order valence-electron chi connectivity index (χ4n) is 1.61. The minimum absolute atomic E-state index is 0.733. The Balaban J connectivity index is 1.84. The van der Waals surface area contributed by atoms with Crippen molar-refractivity contribution in [3.63, 3.8) is 0 Å². The molecule has 1 fully saturated rings. The third kappa shape index (κ3) is 2.10. The van der Waals surface area contributed by atoms with Gasteiger partial charge in [-0.25, -0.2) is 0 Å². The number of benzene rings is 2. The molecule has 0 N–H and O–H groups in total. The lowest BCUT2D eigenvalue weighted by atomic mass is 10.1. The van der Waals surface area contributed by atoms with Gasteiger partial charge in [-0.2, -0.15) is 11.8 Å². The Morgan fingerprint density at radius 3 is 2.73 bits per heavy atom. The molecule has 1 nitrogen and oxygen atoms in total. The monoisotopic (exact) mass is 216 g/mol. The molecule has 1 heterocycles. The molecule has 0 aliphatic carbocycles. The zero-order chi connectivity index (χ0) is 10.1. The van der Waals surface area contributed by atoms with Crippen LogP contribution in [-0.4, -0.2) is 17.6 Å². The van der Waals surface area contributed by atoms with Crippen LogP contribution in [0.2, 0.25) is 0 Å². The summed E-state index contributed by atoms with van der Waals surface area (Å²) in [6, 6.07) is 14.6. The highest BCUT2D eigenvalue weighted by atomic mass is 32.2. The third-order valence-electron chi connectivity index (χ3n) is 2.56. The van der Waals surface area contributed by atoms with E-state index in [1.807, 2.05) is 11.8 Å². The van der Waals surface area contributed by atoms with Gasteiger partial charge in [0.15, 0.2) is 0 Å².